The fourth-order valence-corrected chi connectivity index (χ4v) is 4.82. The number of benzene rings is 1. The quantitative estimate of drug-likeness (QED) is 0.470. The van der Waals surface area contributed by atoms with E-state index in [4.69, 9.17) is 0 Å². The summed E-state index contributed by atoms with van der Waals surface area (Å²) in [6.45, 7) is 14.3. The smallest absolute Gasteiger partial charge is 0.0111 e. The Morgan fingerprint density at radius 1 is 0.920 bits per heavy atom. The van der Waals surface area contributed by atoms with Crippen molar-refractivity contribution in [1.82, 2.24) is 0 Å². The van der Waals surface area contributed by atoms with Crippen LogP contribution in [0.3, 0.4) is 0 Å². The molecule has 1 saturated carbocycles. The van der Waals surface area contributed by atoms with Crippen LogP contribution >= 0.6 is 0 Å². The van der Waals surface area contributed by atoms with Crippen LogP contribution in [0.1, 0.15) is 104 Å². The van der Waals surface area contributed by atoms with E-state index in [1.807, 2.05) is 0 Å². The highest BCUT2D eigenvalue weighted by Crippen LogP contribution is 2.40. The van der Waals surface area contributed by atoms with Gasteiger partial charge < -0.3 is 0 Å². The second-order valence-electron chi connectivity index (χ2n) is 10.3. The molecule has 0 heterocycles. The van der Waals surface area contributed by atoms with E-state index >= 15 is 0 Å². The van der Waals surface area contributed by atoms with Crippen LogP contribution in [0, 0.1) is 23.2 Å². The molecule has 0 N–H and O–H groups in total. The fraction of sp³-hybridized carbons (Fsp3) is 0.760. The minimum atomic E-state index is 0.333. The summed E-state index contributed by atoms with van der Waals surface area (Å²) in [5.41, 5.74) is 3.40. The maximum absolute atomic E-state index is 2.46. The fourth-order valence-electron chi connectivity index (χ4n) is 4.82. The predicted molar refractivity (Wildman–Crippen MR) is 112 cm³/mol. The van der Waals surface area contributed by atoms with Crippen molar-refractivity contribution in [3.63, 3.8) is 0 Å². The molecule has 1 aromatic rings. The Hall–Kier alpha value is -0.780. The van der Waals surface area contributed by atoms with Gasteiger partial charge in [-0.3, -0.25) is 0 Å². The van der Waals surface area contributed by atoms with Crippen molar-refractivity contribution >= 4 is 0 Å². The number of hydrogen-bond donors (Lipinski definition) is 0. The van der Waals surface area contributed by atoms with E-state index in [2.05, 4.69) is 65.8 Å². The minimum Gasteiger partial charge on any atom is -0.0628 e. The van der Waals surface area contributed by atoms with E-state index in [-0.39, 0.29) is 0 Å². The summed E-state index contributed by atoms with van der Waals surface area (Å²) in [5.74, 6) is 3.22. The highest BCUT2D eigenvalue weighted by atomic mass is 14.3. The Morgan fingerprint density at radius 2 is 1.52 bits per heavy atom. The topological polar surface area (TPSA) is 0 Å². The van der Waals surface area contributed by atoms with Gasteiger partial charge in [0, 0.05) is 0 Å². The molecule has 0 bridgehead atoms. The first-order valence-electron chi connectivity index (χ1n) is 10.8. The Kier molecular flexibility index (Phi) is 7.59. The van der Waals surface area contributed by atoms with Gasteiger partial charge in [-0.1, -0.05) is 97.9 Å². The maximum atomic E-state index is 2.46. The third-order valence-corrected chi connectivity index (χ3v) is 6.18. The van der Waals surface area contributed by atoms with Gasteiger partial charge in [0.1, 0.15) is 0 Å². The van der Waals surface area contributed by atoms with Crippen LogP contribution in [0.4, 0.5) is 0 Å². The first-order chi connectivity index (χ1) is 11.8. The van der Waals surface area contributed by atoms with Gasteiger partial charge in [0.05, 0.1) is 0 Å². The predicted octanol–water partition coefficient (Wildman–Crippen LogP) is 8.01. The normalized spacial score (nSPS) is 19.2. The molecule has 1 aliphatic carbocycles. The molecule has 0 radical (unpaired) electrons. The summed E-state index contributed by atoms with van der Waals surface area (Å²) >= 11 is 0. The van der Waals surface area contributed by atoms with Gasteiger partial charge in [-0.25, -0.2) is 0 Å². The summed E-state index contributed by atoms with van der Waals surface area (Å²) in [6.07, 6.45) is 11.3. The highest BCUT2D eigenvalue weighted by molar-refractivity contribution is 5.27. The van der Waals surface area contributed by atoms with E-state index < -0.39 is 0 Å². The zero-order valence-corrected chi connectivity index (χ0v) is 17.8. The lowest BCUT2D eigenvalue weighted by Gasteiger charge is -2.33. The van der Waals surface area contributed by atoms with E-state index in [0.29, 0.717) is 11.3 Å². The molecule has 142 valence electrons. The van der Waals surface area contributed by atoms with Crippen molar-refractivity contribution in [1.29, 1.82) is 0 Å². The zero-order chi connectivity index (χ0) is 18.4. The van der Waals surface area contributed by atoms with Crippen molar-refractivity contribution in [3.05, 3.63) is 35.4 Å². The lowest BCUT2D eigenvalue weighted by atomic mass is 9.72. The zero-order valence-electron chi connectivity index (χ0n) is 17.8. The van der Waals surface area contributed by atoms with E-state index in [0.717, 1.165) is 17.8 Å². The molecule has 0 spiro atoms. The van der Waals surface area contributed by atoms with Gasteiger partial charge in [-0.15, -0.1) is 0 Å². The Bertz CT molecular complexity index is 482. The first kappa shape index (κ1) is 20.5. The summed E-state index contributed by atoms with van der Waals surface area (Å²) in [4.78, 5) is 0. The molecule has 25 heavy (non-hydrogen) atoms. The standard InChI is InChI=1S/C25H42/c1-19(2)16-24(25(4,5)6)23-14-12-22(13-15-23)18-20(3)17-21-10-8-7-9-11-21/h12-15,19-21,24H,7-11,16-18H2,1-6H3. The molecule has 2 atom stereocenters. The molecule has 0 heteroatoms. The summed E-state index contributed by atoms with van der Waals surface area (Å²) in [7, 11) is 0. The van der Waals surface area contributed by atoms with Gasteiger partial charge in [0.15, 0.2) is 0 Å². The molecule has 2 rings (SSSR count). The van der Waals surface area contributed by atoms with Gasteiger partial charge in [-0.2, -0.15) is 0 Å². The van der Waals surface area contributed by atoms with Gasteiger partial charge in [0.25, 0.3) is 0 Å². The molecule has 0 nitrogen and oxygen atoms in total. The molecular formula is C25H42. The molecule has 0 aromatic heterocycles. The Labute approximate surface area is 157 Å². The van der Waals surface area contributed by atoms with Crippen LogP contribution in [0.5, 0.6) is 0 Å². The molecule has 2 unspecified atom stereocenters. The van der Waals surface area contributed by atoms with Crippen LogP contribution in [-0.4, -0.2) is 0 Å². The first-order valence-corrected chi connectivity index (χ1v) is 10.8. The summed E-state index contributed by atoms with van der Waals surface area (Å²) in [5, 5.41) is 0. The van der Waals surface area contributed by atoms with Crippen molar-refractivity contribution < 1.29 is 0 Å². The highest BCUT2D eigenvalue weighted by Gasteiger charge is 2.26. The largest absolute Gasteiger partial charge is 0.0628 e. The van der Waals surface area contributed by atoms with Crippen molar-refractivity contribution in [2.45, 2.75) is 98.8 Å². The third-order valence-electron chi connectivity index (χ3n) is 6.18. The third kappa shape index (κ3) is 6.80. The summed E-state index contributed by atoms with van der Waals surface area (Å²) in [6, 6.07) is 9.65. The average Bonchev–Trinajstić information content (AvgIpc) is 2.53. The molecule has 0 saturated heterocycles. The van der Waals surface area contributed by atoms with Gasteiger partial charge in [-0.05, 0) is 59.5 Å². The maximum Gasteiger partial charge on any atom is -0.0111 e. The molecule has 1 aliphatic rings. The Morgan fingerprint density at radius 3 is 2.04 bits per heavy atom. The summed E-state index contributed by atoms with van der Waals surface area (Å²) < 4.78 is 0. The second-order valence-corrected chi connectivity index (χ2v) is 10.3. The second kappa shape index (κ2) is 9.24. The lowest BCUT2D eigenvalue weighted by molar-refractivity contribution is 0.280. The van der Waals surface area contributed by atoms with Crippen LogP contribution in [0.15, 0.2) is 24.3 Å². The van der Waals surface area contributed by atoms with Crippen LogP contribution < -0.4 is 0 Å². The molecular weight excluding hydrogens is 300 g/mol. The van der Waals surface area contributed by atoms with Gasteiger partial charge in [0.2, 0.25) is 0 Å². The Balaban J connectivity index is 1.95. The van der Waals surface area contributed by atoms with Crippen molar-refractivity contribution in [2.75, 3.05) is 0 Å². The van der Waals surface area contributed by atoms with Crippen LogP contribution in [-0.2, 0) is 6.42 Å². The SMILES string of the molecule is CC(C)CC(c1ccc(CC(C)CC2CCCCC2)cc1)C(C)(C)C. The number of rotatable bonds is 7. The molecule has 0 amide bonds. The van der Waals surface area contributed by atoms with Crippen LogP contribution in [0.25, 0.3) is 0 Å². The monoisotopic (exact) mass is 342 g/mol. The van der Waals surface area contributed by atoms with E-state index in [9.17, 15) is 0 Å². The van der Waals surface area contributed by atoms with E-state index in [1.54, 1.807) is 0 Å². The minimum absolute atomic E-state index is 0.333. The van der Waals surface area contributed by atoms with Crippen molar-refractivity contribution in [2.24, 2.45) is 23.2 Å². The van der Waals surface area contributed by atoms with Crippen LogP contribution in [0.2, 0.25) is 0 Å². The van der Waals surface area contributed by atoms with Crippen molar-refractivity contribution in [3.8, 4) is 0 Å². The molecule has 1 fully saturated rings. The number of hydrogen-bond acceptors (Lipinski definition) is 0. The molecule has 0 aliphatic heterocycles. The van der Waals surface area contributed by atoms with E-state index in [1.165, 1.54) is 62.5 Å². The van der Waals surface area contributed by atoms with Gasteiger partial charge >= 0.3 is 0 Å². The molecule has 1 aromatic carbocycles. The average molecular weight is 343 g/mol. The lowest BCUT2D eigenvalue weighted by Crippen LogP contribution is -2.20.